The maximum Gasteiger partial charge on any atom is 0.268 e. The number of hydrogen-bond donors (Lipinski definition) is 1. The molecule has 1 aliphatic heterocycles. The van der Waals surface area contributed by atoms with E-state index in [1.807, 2.05) is 43.3 Å². The number of ether oxygens (including phenoxy) is 2. The summed E-state index contributed by atoms with van der Waals surface area (Å²) in [5.41, 5.74) is 3.27. The van der Waals surface area contributed by atoms with Gasteiger partial charge in [-0.1, -0.05) is 28.9 Å². The van der Waals surface area contributed by atoms with Crippen LogP contribution in [0.25, 0.3) is 0 Å². The van der Waals surface area contributed by atoms with Gasteiger partial charge >= 0.3 is 0 Å². The predicted octanol–water partition coefficient (Wildman–Crippen LogP) is 3.14. The van der Waals surface area contributed by atoms with E-state index in [9.17, 15) is 4.79 Å². The second kappa shape index (κ2) is 7.25. The Kier molecular flexibility index (Phi) is 4.88. The van der Waals surface area contributed by atoms with Crippen LogP contribution in [0.1, 0.15) is 17.5 Å². The van der Waals surface area contributed by atoms with Gasteiger partial charge in [0.25, 0.3) is 5.91 Å². The number of nitrogens with zero attached hydrogens (tertiary/aromatic N) is 1. The van der Waals surface area contributed by atoms with Gasteiger partial charge in [0, 0.05) is 17.7 Å². The largest absolute Gasteiger partial charge is 0.493 e. The number of para-hydroxylation sites is 1. The van der Waals surface area contributed by atoms with Gasteiger partial charge in [-0.05, 0) is 31.2 Å². The topological polar surface area (TPSA) is 69.2 Å². The summed E-state index contributed by atoms with van der Waals surface area (Å²) in [6.45, 7) is 1.99. The van der Waals surface area contributed by atoms with Gasteiger partial charge in [0.1, 0.15) is 0 Å². The molecule has 1 N–H and O–H groups in total. The summed E-state index contributed by atoms with van der Waals surface area (Å²) in [7, 11) is 3.14. The summed E-state index contributed by atoms with van der Waals surface area (Å²) in [6.07, 6.45) is -0.312. The van der Waals surface area contributed by atoms with Crippen LogP contribution in [0.5, 0.6) is 11.5 Å². The van der Waals surface area contributed by atoms with Crippen molar-refractivity contribution in [3.05, 3.63) is 53.6 Å². The zero-order valence-electron chi connectivity index (χ0n) is 14.4. The average molecular weight is 340 g/mol. The number of carbonyl (C=O) groups is 1. The molecule has 130 valence electrons. The summed E-state index contributed by atoms with van der Waals surface area (Å²) in [5, 5.41) is 6.91. The number of aryl methyl sites for hydroxylation is 1. The molecule has 0 radical (unpaired) electrons. The summed E-state index contributed by atoms with van der Waals surface area (Å²) >= 11 is 0. The summed E-state index contributed by atoms with van der Waals surface area (Å²) in [4.78, 5) is 17.7. The zero-order valence-corrected chi connectivity index (χ0v) is 14.4. The highest BCUT2D eigenvalue weighted by Gasteiger charge is 2.30. The van der Waals surface area contributed by atoms with Crippen molar-refractivity contribution in [2.45, 2.75) is 19.4 Å². The molecule has 3 rings (SSSR count). The average Bonchev–Trinajstić information content (AvgIpc) is 3.13. The molecule has 0 bridgehead atoms. The highest BCUT2D eigenvalue weighted by molar-refractivity contribution is 6.08. The second-order valence-electron chi connectivity index (χ2n) is 5.73. The molecule has 0 aliphatic carbocycles. The summed E-state index contributed by atoms with van der Waals surface area (Å²) in [5.74, 6) is 0.951. The maximum atomic E-state index is 12.4. The Morgan fingerprint density at radius 2 is 1.92 bits per heavy atom. The van der Waals surface area contributed by atoms with Crippen LogP contribution in [-0.4, -0.2) is 31.9 Å². The van der Waals surface area contributed by atoms with E-state index in [1.165, 1.54) is 0 Å². The number of amides is 1. The number of anilines is 1. The molecule has 0 saturated heterocycles. The molecular formula is C19H20N2O4. The third-order valence-corrected chi connectivity index (χ3v) is 3.99. The Bertz CT molecular complexity index is 800. The Labute approximate surface area is 146 Å². The number of rotatable bonds is 5. The Morgan fingerprint density at radius 1 is 1.16 bits per heavy atom. The number of hydrogen-bond acceptors (Lipinski definition) is 5. The van der Waals surface area contributed by atoms with Gasteiger partial charge in [-0.2, -0.15) is 0 Å². The van der Waals surface area contributed by atoms with E-state index in [4.69, 9.17) is 14.3 Å². The van der Waals surface area contributed by atoms with Gasteiger partial charge in [0.2, 0.25) is 6.10 Å². The lowest BCUT2D eigenvalue weighted by Crippen LogP contribution is -2.28. The Balaban J connectivity index is 1.71. The van der Waals surface area contributed by atoms with E-state index in [0.717, 1.165) is 16.8 Å². The van der Waals surface area contributed by atoms with E-state index in [1.54, 1.807) is 20.3 Å². The molecule has 0 unspecified atom stereocenters. The van der Waals surface area contributed by atoms with Crippen molar-refractivity contribution in [3.63, 3.8) is 0 Å². The highest BCUT2D eigenvalue weighted by atomic mass is 16.6. The first-order valence-electron chi connectivity index (χ1n) is 7.94. The van der Waals surface area contributed by atoms with Crippen molar-refractivity contribution < 1.29 is 19.1 Å². The second-order valence-corrected chi connectivity index (χ2v) is 5.73. The van der Waals surface area contributed by atoms with E-state index in [0.29, 0.717) is 23.6 Å². The fourth-order valence-corrected chi connectivity index (χ4v) is 2.65. The third kappa shape index (κ3) is 3.57. The van der Waals surface area contributed by atoms with Crippen LogP contribution in [0, 0.1) is 6.92 Å². The number of nitrogens with one attached hydrogen (secondary N) is 1. The molecule has 0 aromatic heterocycles. The van der Waals surface area contributed by atoms with Crippen molar-refractivity contribution in [3.8, 4) is 11.5 Å². The molecule has 2 aromatic carbocycles. The molecular weight excluding hydrogens is 320 g/mol. The smallest absolute Gasteiger partial charge is 0.268 e. The quantitative estimate of drug-likeness (QED) is 0.908. The Morgan fingerprint density at radius 3 is 2.60 bits per heavy atom. The highest BCUT2D eigenvalue weighted by Crippen LogP contribution is 2.33. The zero-order chi connectivity index (χ0) is 17.8. The molecule has 1 amide bonds. The molecule has 1 atom stereocenters. The molecule has 0 fully saturated rings. The first-order valence-corrected chi connectivity index (χ1v) is 7.94. The van der Waals surface area contributed by atoms with Crippen molar-refractivity contribution in [2.75, 3.05) is 19.5 Å². The number of oxime groups is 1. The van der Waals surface area contributed by atoms with E-state index in [2.05, 4.69) is 10.5 Å². The SMILES string of the molecule is COc1cccc(C2=NO[C@@H](C(=O)Nc3ccc(C)cc3)C2)c1OC. The lowest BCUT2D eigenvalue weighted by Gasteiger charge is -2.12. The molecule has 1 aliphatic rings. The van der Waals surface area contributed by atoms with Crippen molar-refractivity contribution in [1.29, 1.82) is 0 Å². The van der Waals surface area contributed by atoms with Crippen LogP contribution >= 0.6 is 0 Å². The number of benzene rings is 2. The Hall–Kier alpha value is -3.02. The van der Waals surface area contributed by atoms with Gasteiger partial charge in [0.15, 0.2) is 11.5 Å². The standard InChI is InChI=1S/C19H20N2O4/c1-12-7-9-13(10-8-12)20-19(22)17-11-15(21-25-17)14-5-4-6-16(23-2)18(14)24-3/h4-10,17H,11H2,1-3H3,(H,20,22)/t17-/m1/s1. The summed E-state index contributed by atoms with van der Waals surface area (Å²) < 4.78 is 10.7. The van der Waals surface area contributed by atoms with Crippen molar-refractivity contribution >= 4 is 17.3 Å². The third-order valence-electron chi connectivity index (χ3n) is 3.99. The molecule has 6 heteroatoms. The monoisotopic (exact) mass is 340 g/mol. The predicted molar refractivity (Wildman–Crippen MR) is 95.4 cm³/mol. The van der Waals surface area contributed by atoms with Crippen molar-refractivity contribution in [2.24, 2.45) is 5.16 Å². The first kappa shape index (κ1) is 16.8. The van der Waals surface area contributed by atoms with Gasteiger partial charge < -0.3 is 19.6 Å². The van der Waals surface area contributed by atoms with Crippen LogP contribution in [0.2, 0.25) is 0 Å². The minimum absolute atomic E-state index is 0.232. The van der Waals surface area contributed by atoms with Crippen LogP contribution in [0.3, 0.4) is 0 Å². The molecule has 1 heterocycles. The normalized spacial score (nSPS) is 16.0. The van der Waals surface area contributed by atoms with Crippen LogP contribution in [0.15, 0.2) is 47.6 Å². The minimum atomic E-state index is -0.674. The van der Waals surface area contributed by atoms with Gasteiger partial charge in [-0.15, -0.1) is 0 Å². The van der Waals surface area contributed by atoms with Crippen LogP contribution in [0.4, 0.5) is 5.69 Å². The number of methoxy groups -OCH3 is 2. The van der Waals surface area contributed by atoms with Gasteiger partial charge in [0.05, 0.1) is 19.9 Å². The molecule has 2 aromatic rings. The van der Waals surface area contributed by atoms with Crippen LogP contribution < -0.4 is 14.8 Å². The van der Waals surface area contributed by atoms with Crippen LogP contribution in [-0.2, 0) is 9.63 Å². The lowest BCUT2D eigenvalue weighted by atomic mass is 10.0. The van der Waals surface area contributed by atoms with Gasteiger partial charge in [-0.25, -0.2) is 0 Å². The maximum absolute atomic E-state index is 12.4. The fraction of sp³-hybridized carbons (Fsp3) is 0.263. The van der Waals surface area contributed by atoms with Crippen molar-refractivity contribution in [1.82, 2.24) is 0 Å². The molecule has 0 saturated carbocycles. The minimum Gasteiger partial charge on any atom is -0.493 e. The molecule has 0 spiro atoms. The van der Waals surface area contributed by atoms with E-state index < -0.39 is 6.10 Å². The summed E-state index contributed by atoms with van der Waals surface area (Å²) in [6, 6.07) is 13.1. The van der Waals surface area contributed by atoms with E-state index >= 15 is 0 Å². The lowest BCUT2D eigenvalue weighted by molar-refractivity contribution is -0.125. The first-order chi connectivity index (χ1) is 12.1. The number of carbonyl (C=O) groups excluding carboxylic acids is 1. The molecule has 6 nitrogen and oxygen atoms in total. The van der Waals surface area contributed by atoms with E-state index in [-0.39, 0.29) is 5.91 Å². The van der Waals surface area contributed by atoms with Gasteiger partial charge in [-0.3, -0.25) is 4.79 Å². The fourth-order valence-electron chi connectivity index (χ4n) is 2.65. The molecule has 25 heavy (non-hydrogen) atoms.